The van der Waals surface area contributed by atoms with Crippen LogP contribution in [0, 0.1) is 0 Å². The molecule has 2 aliphatic rings. The van der Waals surface area contributed by atoms with Crippen LogP contribution >= 0.6 is 0 Å². The van der Waals surface area contributed by atoms with Gasteiger partial charge in [0.1, 0.15) is 22.3 Å². The van der Waals surface area contributed by atoms with Crippen molar-refractivity contribution in [3.05, 3.63) is 170 Å². The van der Waals surface area contributed by atoms with Gasteiger partial charge in [-0.05, 0) is 69.6 Å². The standard InChI is InChI=1S/C48H28BNO2/c1-5-19-41-33(11-1)34-12-2-6-20-43(34)50-44-26-24-30(32-16-10-18-38-36-14-4-8-22-46(36)52-48(32)38)28-40(44)39-27-29(23-25-42(39)49(41)50)31-15-9-17-37-35-13-3-7-21-45(35)51-47(31)37/h1-28H. The van der Waals surface area contributed by atoms with Gasteiger partial charge in [-0.15, -0.1) is 0 Å². The minimum atomic E-state index is 0.0225. The van der Waals surface area contributed by atoms with E-state index in [9.17, 15) is 0 Å². The molecule has 4 heteroatoms. The first-order chi connectivity index (χ1) is 25.8. The second-order valence-corrected chi connectivity index (χ2v) is 14.0. The van der Waals surface area contributed by atoms with Crippen molar-refractivity contribution in [1.82, 2.24) is 0 Å². The summed E-state index contributed by atoms with van der Waals surface area (Å²) in [5.41, 5.74) is 18.1. The third-order valence-electron chi connectivity index (χ3n) is 11.3. The fourth-order valence-electron chi connectivity index (χ4n) is 9.02. The summed E-state index contributed by atoms with van der Waals surface area (Å²) in [5.74, 6) is 0. The zero-order valence-corrected chi connectivity index (χ0v) is 28.0. The highest BCUT2D eigenvalue weighted by atomic mass is 16.3. The number of hydrogen-bond donors (Lipinski definition) is 0. The summed E-state index contributed by atoms with van der Waals surface area (Å²) in [5, 5.41) is 4.55. The Bertz CT molecular complexity index is 2900. The summed E-state index contributed by atoms with van der Waals surface area (Å²) in [6, 6.07) is 61.4. The number of fused-ring (bicyclic) bond motifs is 17. The fourth-order valence-corrected chi connectivity index (χ4v) is 9.02. The molecular formula is C48H28BNO2. The maximum absolute atomic E-state index is 6.55. The Hall–Kier alpha value is -6.78. The molecule has 4 heterocycles. The summed E-state index contributed by atoms with van der Waals surface area (Å²) in [6.45, 7) is 0.0225. The van der Waals surface area contributed by atoms with Gasteiger partial charge in [-0.3, -0.25) is 0 Å². The molecule has 10 aromatic rings. The third kappa shape index (κ3) is 3.76. The summed E-state index contributed by atoms with van der Waals surface area (Å²) >= 11 is 0. The predicted molar refractivity (Wildman–Crippen MR) is 216 cm³/mol. The van der Waals surface area contributed by atoms with Gasteiger partial charge < -0.3 is 13.6 Å². The summed E-state index contributed by atoms with van der Waals surface area (Å²) in [4.78, 5) is 2.56. The van der Waals surface area contributed by atoms with Gasteiger partial charge in [-0.25, -0.2) is 0 Å². The minimum absolute atomic E-state index is 0.0225. The van der Waals surface area contributed by atoms with Crippen molar-refractivity contribution < 1.29 is 8.83 Å². The monoisotopic (exact) mass is 661 g/mol. The molecule has 0 spiro atoms. The second-order valence-electron chi connectivity index (χ2n) is 14.0. The van der Waals surface area contributed by atoms with Crippen molar-refractivity contribution in [2.24, 2.45) is 0 Å². The van der Waals surface area contributed by atoms with E-state index in [0.717, 1.165) is 66.1 Å². The topological polar surface area (TPSA) is 29.5 Å². The van der Waals surface area contributed by atoms with Gasteiger partial charge in [-0.1, -0.05) is 133 Å². The van der Waals surface area contributed by atoms with Crippen LogP contribution in [0.15, 0.2) is 179 Å². The Morgan fingerprint density at radius 1 is 0.346 bits per heavy atom. The Labute approximate surface area is 300 Å². The molecule has 240 valence electrons. The molecule has 0 fully saturated rings. The summed E-state index contributed by atoms with van der Waals surface area (Å²) in [6.07, 6.45) is 0. The third-order valence-corrected chi connectivity index (χ3v) is 11.3. The number of para-hydroxylation sites is 5. The largest absolute Gasteiger partial charge is 0.455 e. The maximum atomic E-state index is 6.55. The maximum Gasteiger partial charge on any atom is 0.329 e. The van der Waals surface area contributed by atoms with Crippen molar-refractivity contribution >= 4 is 73.0 Å². The van der Waals surface area contributed by atoms with E-state index in [2.05, 4.69) is 163 Å². The number of nitrogens with zero attached hydrogens (tertiary/aromatic N) is 1. The van der Waals surface area contributed by atoms with E-state index < -0.39 is 0 Å². The molecule has 0 saturated heterocycles. The van der Waals surface area contributed by atoms with E-state index in [0.29, 0.717) is 0 Å². The van der Waals surface area contributed by atoms with Gasteiger partial charge in [0.2, 0.25) is 0 Å². The highest BCUT2D eigenvalue weighted by Crippen LogP contribution is 2.48. The molecular weight excluding hydrogens is 633 g/mol. The van der Waals surface area contributed by atoms with Crippen molar-refractivity contribution in [2.45, 2.75) is 0 Å². The SMILES string of the molecule is c1ccc2c(c1)B1c3ccc(-c4cccc5c4oc4ccccc45)cc3-c3cc(-c4cccc5c4oc4ccccc45)ccc3N1c1ccccc1-2. The molecule has 8 aromatic carbocycles. The Kier molecular flexibility index (Phi) is 5.58. The zero-order chi connectivity index (χ0) is 33.9. The first-order valence-corrected chi connectivity index (χ1v) is 17.9. The highest BCUT2D eigenvalue weighted by molar-refractivity contribution is 6.92. The van der Waals surface area contributed by atoms with Crippen molar-refractivity contribution in [3.63, 3.8) is 0 Å². The van der Waals surface area contributed by atoms with Gasteiger partial charge in [-0.2, -0.15) is 0 Å². The van der Waals surface area contributed by atoms with Crippen LogP contribution in [0.3, 0.4) is 0 Å². The van der Waals surface area contributed by atoms with Crippen LogP contribution in [0.1, 0.15) is 0 Å². The number of hydrogen-bond acceptors (Lipinski definition) is 3. The van der Waals surface area contributed by atoms with E-state index in [1.807, 2.05) is 12.1 Å². The van der Waals surface area contributed by atoms with Gasteiger partial charge in [0, 0.05) is 55.2 Å². The molecule has 3 nitrogen and oxygen atoms in total. The lowest BCUT2D eigenvalue weighted by atomic mass is 9.43. The Morgan fingerprint density at radius 3 is 1.56 bits per heavy atom. The molecule has 0 amide bonds. The van der Waals surface area contributed by atoms with E-state index >= 15 is 0 Å². The molecule has 2 aromatic heterocycles. The van der Waals surface area contributed by atoms with E-state index in [-0.39, 0.29) is 6.85 Å². The van der Waals surface area contributed by atoms with Crippen molar-refractivity contribution in [1.29, 1.82) is 0 Å². The molecule has 0 aliphatic carbocycles. The van der Waals surface area contributed by atoms with Crippen LogP contribution in [-0.2, 0) is 0 Å². The van der Waals surface area contributed by atoms with Crippen LogP contribution < -0.4 is 15.7 Å². The summed E-state index contributed by atoms with van der Waals surface area (Å²) < 4.78 is 13.1. The average molecular weight is 662 g/mol. The van der Waals surface area contributed by atoms with Crippen LogP contribution in [0.5, 0.6) is 0 Å². The summed E-state index contributed by atoms with van der Waals surface area (Å²) in [7, 11) is 0. The van der Waals surface area contributed by atoms with Gasteiger partial charge in [0.25, 0.3) is 0 Å². The molecule has 0 N–H and O–H groups in total. The number of benzene rings is 8. The lowest BCUT2D eigenvalue weighted by Gasteiger charge is -2.43. The van der Waals surface area contributed by atoms with Crippen LogP contribution in [0.25, 0.3) is 88.4 Å². The van der Waals surface area contributed by atoms with Crippen molar-refractivity contribution in [2.75, 3.05) is 4.81 Å². The Balaban J connectivity index is 1.13. The predicted octanol–water partition coefficient (Wildman–Crippen LogP) is 11.7. The number of rotatable bonds is 2. The second kappa shape index (κ2) is 10.4. The lowest BCUT2D eigenvalue weighted by Crippen LogP contribution is -2.59. The average Bonchev–Trinajstić information content (AvgIpc) is 3.79. The van der Waals surface area contributed by atoms with Gasteiger partial charge >= 0.3 is 6.85 Å². The quantitative estimate of drug-likeness (QED) is 0.173. The smallest absolute Gasteiger partial charge is 0.329 e. The van der Waals surface area contributed by atoms with Crippen molar-refractivity contribution in [3.8, 4) is 44.5 Å². The molecule has 12 rings (SSSR count). The van der Waals surface area contributed by atoms with Gasteiger partial charge in [0.05, 0.1) is 0 Å². The zero-order valence-electron chi connectivity index (χ0n) is 28.0. The first-order valence-electron chi connectivity index (χ1n) is 17.9. The molecule has 0 saturated carbocycles. The Morgan fingerprint density at radius 2 is 0.846 bits per heavy atom. The van der Waals surface area contributed by atoms with Gasteiger partial charge in [0.15, 0.2) is 0 Å². The minimum Gasteiger partial charge on any atom is -0.455 e. The van der Waals surface area contributed by atoms with Crippen LogP contribution in [0.2, 0.25) is 0 Å². The number of furan rings is 2. The van der Waals surface area contributed by atoms with E-state index in [1.54, 1.807) is 0 Å². The first kappa shape index (κ1) is 28.0. The van der Waals surface area contributed by atoms with E-state index in [4.69, 9.17) is 8.83 Å². The van der Waals surface area contributed by atoms with E-state index in [1.165, 1.54) is 44.6 Å². The molecule has 0 unspecified atom stereocenters. The van der Waals surface area contributed by atoms with Crippen LogP contribution in [-0.4, -0.2) is 6.85 Å². The van der Waals surface area contributed by atoms with Crippen LogP contribution in [0.4, 0.5) is 11.4 Å². The highest BCUT2D eigenvalue weighted by Gasteiger charge is 2.42. The molecule has 0 radical (unpaired) electrons. The molecule has 0 atom stereocenters. The molecule has 0 bridgehead atoms. The normalized spacial score (nSPS) is 12.9. The molecule has 52 heavy (non-hydrogen) atoms. The molecule has 2 aliphatic heterocycles. The lowest BCUT2D eigenvalue weighted by molar-refractivity contribution is 0.669. The fraction of sp³-hybridized carbons (Fsp3) is 0. The number of anilines is 2.